The molecule has 6 nitrogen and oxygen atoms in total. The lowest BCUT2D eigenvalue weighted by Crippen LogP contribution is -2.38. The SMILES string of the molecule is CCOC(=O)C1C(C)=NC2=C(C(=O)C[C@H](c3ccc(OC)c(OC)c3)C2)[C@@H]1c1ccc(F)cc1. The van der Waals surface area contributed by atoms with E-state index in [1.54, 1.807) is 40.2 Å². The van der Waals surface area contributed by atoms with Crippen LogP contribution in [0.5, 0.6) is 11.5 Å². The molecule has 7 heteroatoms. The van der Waals surface area contributed by atoms with Gasteiger partial charge in [-0.1, -0.05) is 18.2 Å². The number of esters is 1. The maximum absolute atomic E-state index is 13.7. The van der Waals surface area contributed by atoms with Crippen molar-refractivity contribution in [3.8, 4) is 11.5 Å². The number of ketones is 1. The molecule has 0 spiro atoms. The molecule has 2 aromatic carbocycles. The van der Waals surface area contributed by atoms with Crippen LogP contribution in [0.2, 0.25) is 0 Å². The highest BCUT2D eigenvalue weighted by atomic mass is 19.1. The monoisotopic (exact) mass is 465 g/mol. The number of rotatable bonds is 6. The van der Waals surface area contributed by atoms with Crippen LogP contribution in [0.15, 0.2) is 58.7 Å². The zero-order valence-electron chi connectivity index (χ0n) is 19.8. The fraction of sp³-hybridized carbons (Fsp3) is 0.370. The van der Waals surface area contributed by atoms with Gasteiger partial charge in [-0.25, -0.2) is 4.39 Å². The number of hydrogen-bond donors (Lipinski definition) is 0. The summed E-state index contributed by atoms with van der Waals surface area (Å²) in [6, 6.07) is 11.6. The molecule has 1 heterocycles. The van der Waals surface area contributed by atoms with E-state index in [-0.39, 0.29) is 30.5 Å². The van der Waals surface area contributed by atoms with Crippen molar-refractivity contribution in [3.63, 3.8) is 0 Å². The van der Waals surface area contributed by atoms with E-state index in [1.165, 1.54) is 12.1 Å². The minimum atomic E-state index is -0.731. The van der Waals surface area contributed by atoms with E-state index in [2.05, 4.69) is 0 Å². The summed E-state index contributed by atoms with van der Waals surface area (Å²) in [7, 11) is 3.15. The van der Waals surface area contributed by atoms with Crippen molar-refractivity contribution < 1.29 is 28.2 Å². The Morgan fingerprint density at radius 2 is 1.71 bits per heavy atom. The number of hydrogen-bond acceptors (Lipinski definition) is 6. The van der Waals surface area contributed by atoms with E-state index < -0.39 is 17.8 Å². The zero-order chi connectivity index (χ0) is 24.4. The van der Waals surface area contributed by atoms with Gasteiger partial charge in [0.05, 0.1) is 20.8 Å². The molecule has 0 aromatic heterocycles. The molecule has 0 radical (unpaired) electrons. The van der Waals surface area contributed by atoms with Crippen LogP contribution in [-0.2, 0) is 14.3 Å². The van der Waals surface area contributed by atoms with Crippen molar-refractivity contribution in [1.29, 1.82) is 0 Å². The maximum Gasteiger partial charge on any atom is 0.315 e. The third-order valence-electron chi connectivity index (χ3n) is 6.54. The van der Waals surface area contributed by atoms with Gasteiger partial charge in [-0.05, 0) is 61.6 Å². The fourth-order valence-electron chi connectivity index (χ4n) is 4.97. The van der Waals surface area contributed by atoms with Crippen LogP contribution in [0.1, 0.15) is 49.7 Å². The van der Waals surface area contributed by atoms with Crippen molar-refractivity contribution >= 4 is 17.5 Å². The predicted octanol–water partition coefficient (Wildman–Crippen LogP) is 4.98. The standard InChI is InChI=1S/C27H28FNO5/c1-5-34-27(31)24-15(2)29-20-12-18(17-8-11-22(32-3)23(14-17)33-4)13-21(30)26(20)25(24)16-6-9-19(28)10-7-16/h6-11,14,18,24-25H,5,12-13H2,1-4H3/t18-,24?,25-/m1/s1. The van der Waals surface area contributed by atoms with Crippen molar-refractivity contribution in [3.05, 3.63) is 70.7 Å². The number of allylic oxidation sites excluding steroid dienone is 2. The number of benzene rings is 2. The van der Waals surface area contributed by atoms with Crippen molar-refractivity contribution in [2.24, 2.45) is 10.9 Å². The number of ether oxygens (including phenoxy) is 3. The number of carbonyl (C=O) groups excluding carboxylic acids is 2. The molecule has 0 saturated carbocycles. The van der Waals surface area contributed by atoms with Gasteiger partial charge in [0.25, 0.3) is 0 Å². The van der Waals surface area contributed by atoms with Gasteiger partial charge in [0.15, 0.2) is 17.3 Å². The first-order valence-corrected chi connectivity index (χ1v) is 11.3. The average Bonchev–Trinajstić information content (AvgIpc) is 2.83. The molecule has 2 aromatic rings. The van der Waals surface area contributed by atoms with Crippen LogP contribution < -0.4 is 9.47 Å². The first-order chi connectivity index (χ1) is 16.4. The first kappa shape index (κ1) is 23.7. The molecule has 2 aliphatic rings. The Balaban J connectivity index is 1.77. The minimum Gasteiger partial charge on any atom is -0.493 e. The van der Waals surface area contributed by atoms with Crippen LogP contribution in [0.3, 0.4) is 0 Å². The van der Waals surface area contributed by atoms with Gasteiger partial charge in [-0.3, -0.25) is 14.6 Å². The highest BCUT2D eigenvalue weighted by Gasteiger charge is 2.44. The summed E-state index contributed by atoms with van der Waals surface area (Å²) in [4.78, 5) is 31.2. The van der Waals surface area contributed by atoms with E-state index in [1.807, 2.05) is 18.2 Å². The Morgan fingerprint density at radius 3 is 2.35 bits per heavy atom. The summed E-state index contributed by atoms with van der Waals surface area (Å²) in [5.41, 5.74) is 3.43. The van der Waals surface area contributed by atoms with E-state index in [0.717, 1.165) is 5.56 Å². The van der Waals surface area contributed by atoms with E-state index in [4.69, 9.17) is 19.2 Å². The number of methoxy groups -OCH3 is 2. The van der Waals surface area contributed by atoms with Crippen LogP contribution >= 0.6 is 0 Å². The predicted molar refractivity (Wildman–Crippen MR) is 126 cm³/mol. The summed E-state index contributed by atoms with van der Waals surface area (Å²) in [5.74, 6) is -1.04. The van der Waals surface area contributed by atoms with Crippen molar-refractivity contribution in [2.75, 3.05) is 20.8 Å². The summed E-state index contributed by atoms with van der Waals surface area (Å²) < 4.78 is 29.8. The third kappa shape index (κ3) is 4.34. The lowest BCUT2D eigenvalue weighted by molar-refractivity contribution is -0.146. The lowest BCUT2D eigenvalue weighted by atomic mass is 9.69. The molecule has 0 saturated heterocycles. The summed E-state index contributed by atoms with van der Waals surface area (Å²) in [6.45, 7) is 3.75. The molecule has 34 heavy (non-hydrogen) atoms. The molecule has 3 atom stereocenters. The van der Waals surface area contributed by atoms with Gasteiger partial charge < -0.3 is 14.2 Å². The second-order valence-electron chi connectivity index (χ2n) is 8.52. The second-order valence-corrected chi connectivity index (χ2v) is 8.52. The topological polar surface area (TPSA) is 74.2 Å². The Hall–Kier alpha value is -3.48. The summed E-state index contributed by atoms with van der Waals surface area (Å²) in [5, 5.41) is 0. The van der Waals surface area contributed by atoms with Crippen LogP contribution in [0.4, 0.5) is 4.39 Å². The quantitative estimate of drug-likeness (QED) is 0.563. The number of Topliss-reactive ketones (excluding diaryl/α,β-unsaturated/α-hetero) is 1. The fourth-order valence-corrected chi connectivity index (χ4v) is 4.97. The summed E-state index contributed by atoms with van der Waals surface area (Å²) in [6.07, 6.45) is 0.817. The Labute approximate surface area is 198 Å². The van der Waals surface area contributed by atoms with Gasteiger partial charge in [-0.15, -0.1) is 0 Å². The van der Waals surface area contributed by atoms with Gasteiger partial charge >= 0.3 is 5.97 Å². The second kappa shape index (κ2) is 9.79. The van der Waals surface area contributed by atoms with Crippen molar-refractivity contribution in [1.82, 2.24) is 0 Å². The molecule has 178 valence electrons. The van der Waals surface area contributed by atoms with E-state index in [9.17, 15) is 14.0 Å². The molecule has 0 fully saturated rings. The number of nitrogens with zero attached hydrogens (tertiary/aromatic N) is 1. The normalized spacial score (nSPS) is 22.1. The Bertz CT molecular complexity index is 1170. The van der Waals surface area contributed by atoms with Gasteiger partial charge in [0, 0.05) is 29.3 Å². The average molecular weight is 466 g/mol. The number of aliphatic imine (C=N–C) groups is 1. The Morgan fingerprint density at radius 1 is 1.03 bits per heavy atom. The molecular weight excluding hydrogens is 437 g/mol. The maximum atomic E-state index is 13.7. The highest BCUT2D eigenvalue weighted by Crippen LogP contribution is 2.47. The molecule has 0 N–H and O–H groups in total. The molecule has 0 bridgehead atoms. The van der Waals surface area contributed by atoms with Gasteiger partial charge in [0.2, 0.25) is 0 Å². The molecule has 4 rings (SSSR count). The molecule has 0 amide bonds. The first-order valence-electron chi connectivity index (χ1n) is 11.3. The van der Waals surface area contributed by atoms with E-state index in [0.29, 0.717) is 40.5 Å². The third-order valence-corrected chi connectivity index (χ3v) is 6.54. The van der Waals surface area contributed by atoms with Crippen LogP contribution in [0, 0.1) is 11.7 Å². The zero-order valence-corrected chi connectivity index (χ0v) is 19.8. The van der Waals surface area contributed by atoms with E-state index >= 15 is 0 Å². The van der Waals surface area contributed by atoms with Crippen molar-refractivity contribution in [2.45, 2.75) is 38.5 Å². The van der Waals surface area contributed by atoms with Gasteiger partial charge in [0.1, 0.15) is 11.7 Å². The smallest absolute Gasteiger partial charge is 0.315 e. The molecule has 1 unspecified atom stereocenters. The van der Waals surface area contributed by atoms with Crippen LogP contribution in [-0.4, -0.2) is 38.3 Å². The Kier molecular flexibility index (Phi) is 6.82. The number of carbonyl (C=O) groups is 2. The molecule has 1 aliphatic heterocycles. The van der Waals surface area contributed by atoms with Crippen LogP contribution in [0.25, 0.3) is 0 Å². The van der Waals surface area contributed by atoms with Gasteiger partial charge in [-0.2, -0.15) is 0 Å². The molecule has 1 aliphatic carbocycles. The lowest BCUT2D eigenvalue weighted by Gasteiger charge is -2.36. The molecular formula is C27H28FNO5. The summed E-state index contributed by atoms with van der Waals surface area (Å²) >= 11 is 0. The highest BCUT2D eigenvalue weighted by molar-refractivity contribution is 6.09. The largest absolute Gasteiger partial charge is 0.493 e. The number of halogens is 1. The minimum absolute atomic E-state index is 0.0686.